The maximum atomic E-state index is 12.6. The smallest absolute Gasteiger partial charge is 0.275 e. The largest absolute Gasteiger partial charge is 0.350 e. The van der Waals surface area contributed by atoms with Crippen LogP contribution in [0.25, 0.3) is 0 Å². The minimum absolute atomic E-state index is 0.172. The standard InChI is InChI=1S/C16H23ClN6O2/c1-6-23-8-11(13(21-23)15(24)18-7-9(2)3)19-16(25)14-12(17)10(4)20-22(14)5/h8-9H,6-7H2,1-5H3,(H,18,24)(H,19,25). The van der Waals surface area contributed by atoms with Crippen LogP contribution in [0, 0.1) is 12.8 Å². The third kappa shape index (κ3) is 4.19. The zero-order chi connectivity index (χ0) is 18.7. The highest BCUT2D eigenvalue weighted by atomic mass is 35.5. The summed E-state index contributed by atoms with van der Waals surface area (Å²) in [5.41, 5.74) is 1.30. The normalized spacial score (nSPS) is 11.0. The highest BCUT2D eigenvalue weighted by Crippen LogP contribution is 2.22. The van der Waals surface area contributed by atoms with Crippen molar-refractivity contribution in [3.05, 3.63) is 28.3 Å². The molecule has 2 aromatic heterocycles. The van der Waals surface area contributed by atoms with Gasteiger partial charge in [-0.3, -0.25) is 19.0 Å². The average Bonchev–Trinajstić information content (AvgIpc) is 3.05. The van der Waals surface area contributed by atoms with E-state index in [2.05, 4.69) is 20.8 Å². The molecule has 0 fully saturated rings. The molecule has 0 aliphatic rings. The third-order valence-electron chi connectivity index (χ3n) is 3.58. The van der Waals surface area contributed by atoms with Crippen LogP contribution in [0.5, 0.6) is 0 Å². The van der Waals surface area contributed by atoms with E-state index in [-0.39, 0.29) is 22.3 Å². The fourth-order valence-electron chi connectivity index (χ4n) is 2.28. The fraction of sp³-hybridized carbons (Fsp3) is 0.500. The Morgan fingerprint density at radius 3 is 2.48 bits per heavy atom. The number of amides is 2. The maximum Gasteiger partial charge on any atom is 0.275 e. The molecule has 0 saturated carbocycles. The van der Waals surface area contributed by atoms with Gasteiger partial charge in [0.1, 0.15) is 5.69 Å². The Morgan fingerprint density at radius 2 is 1.96 bits per heavy atom. The second-order valence-corrected chi connectivity index (χ2v) is 6.55. The van der Waals surface area contributed by atoms with E-state index in [0.717, 1.165) is 0 Å². The van der Waals surface area contributed by atoms with E-state index in [0.29, 0.717) is 30.4 Å². The number of halogens is 1. The van der Waals surface area contributed by atoms with E-state index in [9.17, 15) is 9.59 Å². The van der Waals surface area contributed by atoms with Gasteiger partial charge in [0.2, 0.25) is 0 Å². The third-order valence-corrected chi connectivity index (χ3v) is 4.04. The van der Waals surface area contributed by atoms with Crippen LogP contribution in [-0.4, -0.2) is 37.9 Å². The number of nitrogens with zero attached hydrogens (tertiary/aromatic N) is 4. The van der Waals surface area contributed by atoms with Crippen LogP contribution in [-0.2, 0) is 13.6 Å². The van der Waals surface area contributed by atoms with Crippen molar-refractivity contribution in [3.8, 4) is 0 Å². The molecule has 0 bridgehead atoms. The summed E-state index contributed by atoms with van der Waals surface area (Å²) in [5.74, 6) is -0.461. The van der Waals surface area contributed by atoms with Crippen molar-refractivity contribution in [2.75, 3.05) is 11.9 Å². The zero-order valence-corrected chi connectivity index (χ0v) is 15.8. The molecule has 0 atom stereocenters. The molecule has 2 rings (SSSR count). The number of rotatable bonds is 6. The van der Waals surface area contributed by atoms with Crippen LogP contribution in [0.4, 0.5) is 5.69 Å². The number of carbonyl (C=O) groups excluding carboxylic acids is 2. The van der Waals surface area contributed by atoms with Crippen molar-refractivity contribution in [1.29, 1.82) is 0 Å². The molecule has 0 aliphatic carbocycles. The van der Waals surface area contributed by atoms with Gasteiger partial charge in [-0.1, -0.05) is 25.4 Å². The average molecular weight is 367 g/mol. The number of anilines is 1. The summed E-state index contributed by atoms with van der Waals surface area (Å²) in [6.07, 6.45) is 1.62. The first-order chi connectivity index (χ1) is 11.7. The van der Waals surface area contributed by atoms with Gasteiger partial charge in [0.25, 0.3) is 11.8 Å². The molecule has 0 spiro atoms. The summed E-state index contributed by atoms with van der Waals surface area (Å²) in [6.45, 7) is 8.72. The molecule has 0 unspecified atom stereocenters. The molecule has 2 amide bonds. The first-order valence-electron chi connectivity index (χ1n) is 8.10. The summed E-state index contributed by atoms with van der Waals surface area (Å²) in [5, 5.41) is 14.2. The van der Waals surface area contributed by atoms with Crippen LogP contribution in [0.3, 0.4) is 0 Å². The van der Waals surface area contributed by atoms with Gasteiger partial charge in [-0.05, 0) is 19.8 Å². The van der Waals surface area contributed by atoms with Crippen molar-refractivity contribution in [3.63, 3.8) is 0 Å². The lowest BCUT2D eigenvalue weighted by atomic mass is 10.2. The summed E-state index contributed by atoms with van der Waals surface area (Å²) < 4.78 is 3.01. The Morgan fingerprint density at radius 1 is 1.28 bits per heavy atom. The minimum atomic E-state index is -0.443. The van der Waals surface area contributed by atoms with Gasteiger partial charge in [-0.25, -0.2) is 0 Å². The van der Waals surface area contributed by atoms with Gasteiger partial charge in [0.15, 0.2) is 5.69 Å². The Kier molecular flexibility index (Phi) is 5.84. The van der Waals surface area contributed by atoms with Crippen molar-refractivity contribution >= 4 is 29.1 Å². The number of hydrogen-bond donors (Lipinski definition) is 2. The van der Waals surface area contributed by atoms with E-state index in [4.69, 9.17) is 11.6 Å². The molecule has 136 valence electrons. The van der Waals surface area contributed by atoms with E-state index in [1.54, 1.807) is 24.9 Å². The lowest BCUT2D eigenvalue weighted by molar-refractivity contribution is 0.0944. The first-order valence-corrected chi connectivity index (χ1v) is 8.48. The van der Waals surface area contributed by atoms with Crippen LogP contribution >= 0.6 is 11.6 Å². The molecule has 2 N–H and O–H groups in total. The van der Waals surface area contributed by atoms with Gasteiger partial charge in [-0.15, -0.1) is 0 Å². The summed E-state index contributed by atoms with van der Waals surface area (Å²) in [6, 6.07) is 0. The maximum absolute atomic E-state index is 12.6. The molecule has 8 nitrogen and oxygen atoms in total. The molecule has 2 heterocycles. The van der Waals surface area contributed by atoms with Gasteiger partial charge in [0.05, 0.1) is 16.4 Å². The lowest BCUT2D eigenvalue weighted by Gasteiger charge is -2.08. The molecular weight excluding hydrogens is 344 g/mol. The fourth-order valence-corrected chi connectivity index (χ4v) is 2.53. The number of aromatic nitrogens is 4. The highest BCUT2D eigenvalue weighted by Gasteiger charge is 2.23. The minimum Gasteiger partial charge on any atom is -0.350 e. The number of aryl methyl sites for hydroxylation is 3. The van der Waals surface area contributed by atoms with Crippen molar-refractivity contribution < 1.29 is 9.59 Å². The topological polar surface area (TPSA) is 93.8 Å². The van der Waals surface area contributed by atoms with Crippen molar-refractivity contribution in [2.45, 2.75) is 34.2 Å². The Balaban J connectivity index is 2.28. The lowest BCUT2D eigenvalue weighted by Crippen LogP contribution is -2.29. The van der Waals surface area contributed by atoms with E-state index < -0.39 is 5.91 Å². The van der Waals surface area contributed by atoms with Gasteiger partial charge in [-0.2, -0.15) is 10.2 Å². The van der Waals surface area contributed by atoms with Gasteiger partial charge in [0, 0.05) is 26.3 Å². The predicted molar refractivity (Wildman–Crippen MR) is 96.0 cm³/mol. The summed E-state index contributed by atoms with van der Waals surface area (Å²) in [7, 11) is 1.64. The second kappa shape index (κ2) is 7.69. The molecule has 9 heteroatoms. The highest BCUT2D eigenvalue weighted by molar-refractivity contribution is 6.34. The van der Waals surface area contributed by atoms with Crippen LogP contribution in [0.1, 0.15) is 47.4 Å². The van der Waals surface area contributed by atoms with Gasteiger partial charge < -0.3 is 10.6 Å². The summed E-state index contributed by atoms with van der Waals surface area (Å²) in [4.78, 5) is 25.0. The molecule has 0 aliphatic heterocycles. The predicted octanol–water partition coefficient (Wildman–Crippen LogP) is 2.24. The number of carbonyl (C=O) groups is 2. The molecule has 0 saturated heterocycles. The SMILES string of the molecule is CCn1cc(NC(=O)c2c(Cl)c(C)nn2C)c(C(=O)NCC(C)C)n1. The zero-order valence-electron chi connectivity index (χ0n) is 15.1. The van der Waals surface area contributed by atoms with E-state index >= 15 is 0 Å². The van der Waals surface area contributed by atoms with Crippen molar-refractivity contribution in [1.82, 2.24) is 24.9 Å². The molecule has 0 radical (unpaired) electrons. The van der Waals surface area contributed by atoms with Crippen LogP contribution in [0.15, 0.2) is 6.20 Å². The van der Waals surface area contributed by atoms with Crippen LogP contribution in [0.2, 0.25) is 5.02 Å². The monoisotopic (exact) mass is 366 g/mol. The molecule has 25 heavy (non-hydrogen) atoms. The second-order valence-electron chi connectivity index (χ2n) is 6.18. The van der Waals surface area contributed by atoms with Crippen LogP contribution < -0.4 is 10.6 Å². The quantitative estimate of drug-likeness (QED) is 0.819. The number of hydrogen-bond acceptors (Lipinski definition) is 4. The Hall–Kier alpha value is -2.35. The van der Waals surface area contributed by atoms with Gasteiger partial charge >= 0.3 is 0 Å². The summed E-state index contributed by atoms with van der Waals surface area (Å²) >= 11 is 6.15. The molecule has 0 aromatic carbocycles. The first kappa shape index (κ1) is 19.0. The van der Waals surface area contributed by atoms with E-state index in [1.807, 2.05) is 20.8 Å². The van der Waals surface area contributed by atoms with E-state index in [1.165, 1.54) is 4.68 Å². The molecule has 2 aromatic rings. The Bertz CT molecular complexity index is 793. The Labute approximate surface area is 151 Å². The van der Waals surface area contributed by atoms with Crippen molar-refractivity contribution in [2.24, 2.45) is 13.0 Å². The number of nitrogens with one attached hydrogen (secondary N) is 2. The molecular formula is C16H23ClN6O2.